The molecule has 1 aromatic rings. The highest BCUT2D eigenvalue weighted by Gasteiger charge is 2.29. The van der Waals surface area contributed by atoms with Crippen LogP contribution in [0.5, 0.6) is 0 Å². The summed E-state index contributed by atoms with van der Waals surface area (Å²) < 4.78 is 27.1. The molecule has 104 valence electrons. The lowest BCUT2D eigenvalue weighted by Gasteiger charge is -2.23. The molecule has 0 aliphatic carbocycles. The smallest absolute Gasteiger partial charge is 0.305 e. The Bertz CT molecular complexity index is 532. The molecule has 1 aromatic carbocycles. The fourth-order valence-corrected chi connectivity index (χ4v) is 1.30. The summed E-state index contributed by atoms with van der Waals surface area (Å²) in [5, 5.41) is 21.7. The van der Waals surface area contributed by atoms with Gasteiger partial charge in [-0.3, -0.25) is 14.9 Å². The largest absolute Gasteiger partial charge is 0.394 e. The minimum atomic E-state index is -1.55. The van der Waals surface area contributed by atoms with Crippen molar-refractivity contribution in [3.63, 3.8) is 0 Å². The van der Waals surface area contributed by atoms with Gasteiger partial charge in [0.25, 0.3) is 5.91 Å². The van der Waals surface area contributed by atoms with Crippen molar-refractivity contribution in [2.45, 2.75) is 19.4 Å². The third-order valence-corrected chi connectivity index (χ3v) is 2.34. The Balaban J connectivity index is 3.23. The number of nitrogens with one attached hydrogen (secondary N) is 1. The normalized spacial score (nSPS) is 11.2. The van der Waals surface area contributed by atoms with Gasteiger partial charge in [0.2, 0.25) is 5.82 Å². The summed E-state index contributed by atoms with van der Waals surface area (Å²) in [6.07, 6.45) is 0. The van der Waals surface area contributed by atoms with Gasteiger partial charge in [-0.15, -0.1) is 0 Å². The second-order valence-electron chi connectivity index (χ2n) is 4.51. The van der Waals surface area contributed by atoms with E-state index >= 15 is 0 Å². The summed E-state index contributed by atoms with van der Waals surface area (Å²) in [6, 6.07) is 1.28. The number of nitro benzene ring substituents is 1. The van der Waals surface area contributed by atoms with Crippen molar-refractivity contribution in [1.82, 2.24) is 5.32 Å². The summed E-state index contributed by atoms with van der Waals surface area (Å²) in [4.78, 5) is 21.2. The summed E-state index contributed by atoms with van der Waals surface area (Å²) in [5.74, 6) is -3.93. The molecule has 6 nitrogen and oxygen atoms in total. The molecule has 0 saturated carbocycles. The van der Waals surface area contributed by atoms with Gasteiger partial charge in [-0.05, 0) is 19.9 Å². The molecule has 0 fully saturated rings. The molecule has 0 aromatic heterocycles. The minimum absolute atomic E-state index is 0.461. The van der Waals surface area contributed by atoms with Gasteiger partial charge in [-0.2, -0.15) is 4.39 Å². The molecule has 2 N–H and O–H groups in total. The fourth-order valence-electron chi connectivity index (χ4n) is 1.30. The van der Waals surface area contributed by atoms with Gasteiger partial charge in [0.1, 0.15) is 11.4 Å². The lowest BCUT2D eigenvalue weighted by molar-refractivity contribution is -0.387. The highest BCUT2D eigenvalue weighted by Crippen LogP contribution is 2.23. The van der Waals surface area contributed by atoms with Gasteiger partial charge in [-0.25, -0.2) is 4.39 Å². The zero-order valence-corrected chi connectivity index (χ0v) is 10.2. The van der Waals surface area contributed by atoms with Gasteiger partial charge in [-0.1, -0.05) is 0 Å². The number of aliphatic hydroxyl groups excluding tert-OH is 1. The Morgan fingerprint density at radius 1 is 1.47 bits per heavy atom. The Hall–Kier alpha value is -2.09. The number of halogens is 2. The first kappa shape index (κ1) is 15.0. The van der Waals surface area contributed by atoms with Crippen molar-refractivity contribution in [2.24, 2.45) is 0 Å². The lowest BCUT2D eigenvalue weighted by Crippen LogP contribution is -2.46. The van der Waals surface area contributed by atoms with Crippen LogP contribution < -0.4 is 5.32 Å². The predicted octanol–water partition coefficient (Wildman–Crippen LogP) is 1.37. The van der Waals surface area contributed by atoms with Crippen molar-refractivity contribution in [3.8, 4) is 0 Å². The zero-order chi connectivity index (χ0) is 14.8. The fraction of sp³-hybridized carbons (Fsp3) is 0.364. The average Bonchev–Trinajstić information content (AvgIpc) is 2.27. The van der Waals surface area contributed by atoms with Gasteiger partial charge >= 0.3 is 5.69 Å². The first-order chi connectivity index (χ1) is 8.69. The van der Waals surface area contributed by atoms with Crippen LogP contribution in [0.2, 0.25) is 0 Å². The van der Waals surface area contributed by atoms with Crippen molar-refractivity contribution >= 4 is 11.6 Å². The number of rotatable bonds is 4. The highest BCUT2D eigenvalue weighted by atomic mass is 19.1. The van der Waals surface area contributed by atoms with Crippen molar-refractivity contribution in [3.05, 3.63) is 39.4 Å². The van der Waals surface area contributed by atoms with E-state index in [0.29, 0.717) is 12.1 Å². The van der Waals surface area contributed by atoms with Crippen molar-refractivity contribution < 1.29 is 23.6 Å². The SMILES string of the molecule is CC(C)(CO)NC(=O)c1c(F)ccc([N+](=O)[O-])c1F. The molecule has 0 bridgehead atoms. The number of hydrogen-bond acceptors (Lipinski definition) is 4. The summed E-state index contributed by atoms with van der Waals surface area (Å²) >= 11 is 0. The topological polar surface area (TPSA) is 92.5 Å². The van der Waals surface area contributed by atoms with Gasteiger partial charge in [0, 0.05) is 6.07 Å². The number of amides is 1. The van der Waals surface area contributed by atoms with Crippen LogP contribution in [-0.2, 0) is 0 Å². The molecule has 8 heteroatoms. The number of aliphatic hydroxyl groups is 1. The number of carbonyl (C=O) groups is 1. The highest BCUT2D eigenvalue weighted by molar-refractivity contribution is 5.95. The first-order valence-electron chi connectivity index (χ1n) is 5.25. The Kier molecular flexibility index (Phi) is 4.15. The molecule has 1 rings (SSSR count). The van der Waals surface area contributed by atoms with Crippen LogP contribution in [0.4, 0.5) is 14.5 Å². The standard InChI is InChI=1S/C11H12F2N2O4/c1-11(2,5-16)14-10(17)8-6(12)3-4-7(9(8)13)15(18)19/h3-4,16H,5H2,1-2H3,(H,14,17). The van der Waals surface area contributed by atoms with E-state index in [1.165, 1.54) is 13.8 Å². The molecule has 0 atom stereocenters. The van der Waals surface area contributed by atoms with E-state index in [-0.39, 0.29) is 0 Å². The van der Waals surface area contributed by atoms with Crippen LogP contribution >= 0.6 is 0 Å². The van der Waals surface area contributed by atoms with Crippen LogP contribution in [0.15, 0.2) is 12.1 Å². The van der Waals surface area contributed by atoms with Gasteiger partial charge in [0.15, 0.2) is 0 Å². The monoisotopic (exact) mass is 274 g/mol. The Morgan fingerprint density at radius 3 is 2.53 bits per heavy atom. The van der Waals surface area contributed by atoms with Crippen molar-refractivity contribution in [2.75, 3.05) is 6.61 Å². The number of nitrogens with zero attached hydrogens (tertiary/aromatic N) is 1. The number of nitro groups is 1. The second kappa shape index (κ2) is 5.27. The second-order valence-corrected chi connectivity index (χ2v) is 4.51. The summed E-state index contributed by atoms with van der Waals surface area (Å²) in [6.45, 7) is 2.40. The van der Waals surface area contributed by atoms with Crippen molar-refractivity contribution in [1.29, 1.82) is 0 Å². The van der Waals surface area contributed by atoms with E-state index in [9.17, 15) is 23.7 Å². The van der Waals surface area contributed by atoms with Gasteiger partial charge < -0.3 is 10.4 Å². The molecule has 0 spiro atoms. The molecular weight excluding hydrogens is 262 g/mol. The molecule has 0 aliphatic rings. The molecular formula is C11H12F2N2O4. The third-order valence-electron chi connectivity index (χ3n) is 2.34. The molecule has 1 amide bonds. The van der Waals surface area contributed by atoms with Crippen LogP contribution in [-0.4, -0.2) is 28.1 Å². The maximum absolute atomic E-state index is 13.7. The number of carbonyl (C=O) groups excluding carboxylic acids is 1. The molecule has 0 aliphatic heterocycles. The van der Waals surface area contributed by atoms with E-state index in [4.69, 9.17) is 5.11 Å². The van der Waals surface area contributed by atoms with Crippen LogP contribution in [0.25, 0.3) is 0 Å². The molecule has 0 radical (unpaired) electrons. The first-order valence-corrected chi connectivity index (χ1v) is 5.25. The third kappa shape index (κ3) is 3.22. The molecule has 0 unspecified atom stereocenters. The Labute approximate surface area is 107 Å². The van der Waals surface area contributed by atoms with E-state index in [1.807, 2.05) is 0 Å². The van der Waals surface area contributed by atoms with E-state index < -0.39 is 45.9 Å². The van der Waals surface area contributed by atoms with Gasteiger partial charge in [0.05, 0.1) is 17.1 Å². The lowest BCUT2D eigenvalue weighted by atomic mass is 10.1. The average molecular weight is 274 g/mol. The van der Waals surface area contributed by atoms with E-state index in [2.05, 4.69) is 5.32 Å². The van der Waals surface area contributed by atoms with Crippen LogP contribution in [0.3, 0.4) is 0 Å². The van der Waals surface area contributed by atoms with E-state index in [0.717, 1.165) is 0 Å². The summed E-state index contributed by atoms with van der Waals surface area (Å²) in [5.41, 5.74) is -3.15. The van der Waals surface area contributed by atoms with Crippen LogP contribution in [0, 0.1) is 21.7 Å². The van der Waals surface area contributed by atoms with E-state index in [1.54, 1.807) is 0 Å². The zero-order valence-electron chi connectivity index (χ0n) is 10.2. The quantitative estimate of drug-likeness (QED) is 0.640. The number of benzene rings is 1. The molecule has 19 heavy (non-hydrogen) atoms. The maximum Gasteiger partial charge on any atom is 0.305 e. The predicted molar refractivity (Wildman–Crippen MR) is 61.6 cm³/mol. The molecule has 0 saturated heterocycles. The maximum atomic E-state index is 13.7. The minimum Gasteiger partial charge on any atom is -0.394 e. The molecule has 0 heterocycles. The number of hydrogen-bond donors (Lipinski definition) is 2. The Morgan fingerprint density at radius 2 is 2.05 bits per heavy atom. The summed E-state index contributed by atoms with van der Waals surface area (Å²) in [7, 11) is 0. The van der Waals surface area contributed by atoms with Crippen LogP contribution in [0.1, 0.15) is 24.2 Å².